The molecule has 1 unspecified atom stereocenters. The molecule has 0 amide bonds. The fourth-order valence-electron chi connectivity index (χ4n) is 2.75. The van der Waals surface area contributed by atoms with Crippen LogP contribution in [0.5, 0.6) is 0 Å². The summed E-state index contributed by atoms with van der Waals surface area (Å²) in [5, 5.41) is 0.655. The molecule has 1 aliphatic heterocycles. The highest BCUT2D eigenvalue weighted by atomic mass is 79.9. The minimum absolute atomic E-state index is 0.442. The number of pyridine rings is 1. The molecule has 3 nitrogen and oxygen atoms in total. The maximum Gasteiger partial charge on any atom is 0.151 e. The van der Waals surface area contributed by atoms with Crippen molar-refractivity contribution in [3.63, 3.8) is 0 Å². The first-order valence-electron chi connectivity index (χ1n) is 6.58. The Morgan fingerprint density at radius 3 is 2.95 bits per heavy atom. The number of halogens is 2. The van der Waals surface area contributed by atoms with E-state index in [9.17, 15) is 0 Å². The lowest BCUT2D eigenvalue weighted by molar-refractivity contribution is 0.667. The zero-order chi connectivity index (χ0) is 14.1. The third-order valence-electron chi connectivity index (χ3n) is 3.63. The van der Waals surface area contributed by atoms with Crippen molar-refractivity contribution in [2.45, 2.75) is 12.3 Å². The molecule has 1 aliphatic rings. The zero-order valence-electron chi connectivity index (χ0n) is 10.9. The van der Waals surface area contributed by atoms with E-state index in [-0.39, 0.29) is 0 Å². The number of benzene rings is 1. The van der Waals surface area contributed by atoms with Crippen molar-refractivity contribution in [2.75, 3.05) is 18.0 Å². The molecule has 2 N–H and O–H groups in total. The Labute approximate surface area is 131 Å². The summed E-state index contributed by atoms with van der Waals surface area (Å²) >= 11 is 9.73. The molecule has 0 saturated carbocycles. The summed E-state index contributed by atoms with van der Waals surface area (Å²) in [7, 11) is 0. The molecule has 20 heavy (non-hydrogen) atoms. The van der Waals surface area contributed by atoms with Crippen molar-refractivity contribution in [3.05, 3.63) is 51.6 Å². The molecule has 1 aromatic heterocycles. The Bertz CT molecular complexity index is 632. The Morgan fingerprint density at radius 2 is 2.20 bits per heavy atom. The highest BCUT2D eigenvalue weighted by molar-refractivity contribution is 9.10. The average molecular weight is 353 g/mol. The molecule has 104 valence electrons. The first kappa shape index (κ1) is 13.9. The monoisotopic (exact) mass is 351 g/mol. The summed E-state index contributed by atoms with van der Waals surface area (Å²) in [4.78, 5) is 6.65. The Morgan fingerprint density at radius 1 is 1.40 bits per heavy atom. The number of rotatable bonds is 3. The third-order valence-corrected chi connectivity index (χ3v) is 4.34. The van der Waals surface area contributed by atoms with Crippen molar-refractivity contribution in [1.82, 2.24) is 4.98 Å². The van der Waals surface area contributed by atoms with Gasteiger partial charge >= 0.3 is 0 Å². The number of fused-ring (bicyclic) bond motifs is 1. The Balaban J connectivity index is 2.03. The van der Waals surface area contributed by atoms with Gasteiger partial charge in [-0.3, -0.25) is 0 Å². The largest absolute Gasteiger partial charge is 0.330 e. The van der Waals surface area contributed by atoms with Crippen LogP contribution < -0.4 is 10.6 Å². The predicted molar refractivity (Wildman–Crippen MR) is 86.8 cm³/mol. The van der Waals surface area contributed by atoms with Gasteiger partial charge in [0, 0.05) is 28.8 Å². The minimum Gasteiger partial charge on any atom is -0.330 e. The van der Waals surface area contributed by atoms with Gasteiger partial charge in [-0.25, -0.2) is 4.98 Å². The fourth-order valence-corrected chi connectivity index (χ4v) is 3.48. The van der Waals surface area contributed by atoms with Gasteiger partial charge in [0.2, 0.25) is 0 Å². The van der Waals surface area contributed by atoms with Gasteiger partial charge in [0.25, 0.3) is 0 Å². The van der Waals surface area contributed by atoms with Gasteiger partial charge in [0.1, 0.15) is 0 Å². The van der Waals surface area contributed by atoms with Gasteiger partial charge in [-0.2, -0.15) is 0 Å². The van der Waals surface area contributed by atoms with E-state index in [0.29, 0.717) is 17.5 Å². The standard InChI is InChI=1S/C15H15BrClN3/c16-11-7-13(17)15(19-8-11)20-9-10(5-6-18)12-3-1-2-4-14(12)20/h1-4,7-8,10H,5-6,9,18H2. The lowest BCUT2D eigenvalue weighted by atomic mass is 9.98. The maximum absolute atomic E-state index is 6.34. The van der Waals surface area contributed by atoms with Crippen molar-refractivity contribution in [3.8, 4) is 0 Å². The second-order valence-electron chi connectivity index (χ2n) is 4.90. The lowest BCUT2D eigenvalue weighted by Gasteiger charge is -2.20. The minimum atomic E-state index is 0.442. The summed E-state index contributed by atoms with van der Waals surface area (Å²) in [6.45, 7) is 1.57. The van der Waals surface area contributed by atoms with Gasteiger partial charge < -0.3 is 10.6 Å². The van der Waals surface area contributed by atoms with Crippen molar-refractivity contribution in [2.24, 2.45) is 5.73 Å². The molecule has 2 heterocycles. The summed E-state index contributed by atoms with van der Waals surface area (Å²) in [6.07, 6.45) is 2.75. The average Bonchev–Trinajstić information content (AvgIpc) is 2.79. The second kappa shape index (κ2) is 5.72. The number of hydrogen-bond acceptors (Lipinski definition) is 3. The van der Waals surface area contributed by atoms with Gasteiger partial charge in [-0.1, -0.05) is 29.8 Å². The van der Waals surface area contributed by atoms with E-state index in [1.807, 2.05) is 12.1 Å². The lowest BCUT2D eigenvalue weighted by Crippen LogP contribution is -2.18. The van der Waals surface area contributed by atoms with Crippen LogP contribution in [-0.2, 0) is 0 Å². The second-order valence-corrected chi connectivity index (χ2v) is 6.23. The molecule has 0 bridgehead atoms. The van der Waals surface area contributed by atoms with Gasteiger partial charge in [-0.15, -0.1) is 0 Å². The Kier molecular flexibility index (Phi) is 3.96. The van der Waals surface area contributed by atoms with Gasteiger partial charge in [0.15, 0.2) is 5.82 Å². The smallest absolute Gasteiger partial charge is 0.151 e. The molecule has 0 aliphatic carbocycles. The van der Waals surface area contributed by atoms with Crippen molar-refractivity contribution < 1.29 is 0 Å². The molecule has 0 saturated heterocycles. The van der Waals surface area contributed by atoms with Crippen LogP contribution in [0.15, 0.2) is 41.0 Å². The fraction of sp³-hybridized carbons (Fsp3) is 0.267. The van der Waals surface area contributed by atoms with E-state index in [1.165, 1.54) is 11.3 Å². The van der Waals surface area contributed by atoms with Crippen molar-refractivity contribution >= 4 is 39.0 Å². The van der Waals surface area contributed by atoms with Crippen LogP contribution in [0.3, 0.4) is 0 Å². The molecular formula is C15H15BrClN3. The normalized spacial score (nSPS) is 17.4. The van der Waals surface area contributed by atoms with Gasteiger partial charge in [0.05, 0.1) is 5.02 Å². The van der Waals surface area contributed by atoms with Crippen LogP contribution in [0.2, 0.25) is 5.02 Å². The summed E-state index contributed by atoms with van der Waals surface area (Å²) in [6, 6.07) is 10.3. The number of anilines is 2. The summed E-state index contributed by atoms with van der Waals surface area (Å²) in [5.41, 5.74) is 8.25. The van der Waals surface area contributed by atoms with E-state index in [1.54, 1.807) is 6.20 Å². The van der Waals surface area contributed by atoms with Crippen LogP contribution in [0.1, 0.15) is 17.9 Å². The highest BCUT2D eigenvalue weighted by Gasteiger charge is 2.30. The zero-order valence-corrected chi connectivity index (χ0v) is 13.2. The molecule has 1 atom stereocenters. The van der Waals surface area contributed by atoms with Crippen LogP contribution in [0.4, 0.5) is 11.5 Å². The maximum atomic E-state index is 6.34. The highest BCUT2D eigenvalue weighted by Crippen LogP contribution is 2.43. The Hall–Kier alpha value is -1.10. The molecule has 3 rings (SSSR count). The number of hydrogen-bond donors (Lipinski definition) is 1. The molecule has 2 aromatic rings. The number of nitrogens with two attached hydrogens (primary N) is 1. The first-order chi connectivity index (χ1) is 9.70. The number of para-hydroxylation sites is 1. The van der Waals surface area contributed by atoms with Crippen LogP contribution >= 0.6 is 27.5 Å². The third kappa shape index (κ3) is 2.43. The van der Waals surface area contributed by atoms with Gasteiger partial charge in [-0.05, 0) is 46.6 Å². The van der Waals surface area contributed by atoms with E-state index in [2.05, 4.69) is 44.0 Å². The van der Waals surface area contributed by atoms with E-state index < -0.39 is 0 Å². The molecule has 0 radical (unpaired) electrons. The summed E-state index contributed by atoms with van der Waals surface area (Å²) < 4.78 is 0.886. The molecule has 0 spiro atoms. The molecule has 0 fully saturated rings. The van der Waals surface area contributed by atoms with Crippen LogP contribution in [-0.4, -0.2) is 18.1 Å². The van der Waals surface area contributed by atoms with E-state index in [0.717, 1.165) is 23.3 Å². The topological polar surface area (TPSA) is 42.1 Å². The van der Waals surface area contributed by atoms with E-state index in [4.69, 9.17) is 17.3 Å². The van der Waals surface area contributed by atoms with E-state index >= 15 is 0 Å². The van der Waals surface area contributed by atoms with Crippen LogP contribution in [0, 0.1) is 0 Å². The summed E-state index contributed by atoms with van der Waals surface area (Å²) in [5.74, 6) is 1.25. The van der Waals surface area contributed by atoms with Crippen LogP contribution in [0.25, 0.3) is 0 Å². The number of nitrogens with zero attached hydrogens (tertiary/aromatic N) is 2. The number of aromatic nitrogens is 1. The quantitative estimate of drug-likeness (QED) is 0.905. The SMILES string of the molecule is NCCC1CN(c2ncc(Br)cc2Cl)c2ccccc21. The first-order valence-corrected chi connectivity index (χ1v) is 7.75. The van der Waals surface area contributed by atoms with Crippen molar-refractivity contribution in [1.29, 1.82) is 0 Å². The molecular weight excluding hydrogens is 338 g/mol. The molecule has 5 heteroatoms. The predicted octanol–water partition coefficient (Wildman–Crippen LogP) is 4.08. The molecule has 1 aromatic carbocycles.